The summed E-state index contributed by atoms with van der Waals surface area (Å²) in [6, 6.07) is 0. The molecule has 0 spiro atoms. The fraction of sp³-hybridized carbons (Fsp3) is 0. The minimum absolute atomic E-state index is 0. The summed E-state index contributed by atoms with van der Waals surface area (Å²) in [5.41, 5.74) is 0. The van der Waals surface area contributed by atoms with E-state index < -0.39 is 0 Å². The zero-order chi connectivity index (χ0) is 2.00. The SMILES string of the molecule is [Co].[H-].[Li+].[Mn].[Ni].[O]=[AlH]. The van der Waals surface area contributed by atoms with Gasteiger partial charge in [0.15, 0.2) is 0 Å². The van der Waals surface area contributed by atoms with Gasteiger partial charge in [0.05, 0.1) is 0 Å². The summed E-state index contributed by atoms with van der Waals surface area (Å²) in [4.78, 5) is 0. The molecule has 6 heavy (non-hydrogen) atoms. The van der Waals surface area contributed by atoms with Crippen molar-refractivity contribution in [1.82, 2.24) is 0 Å². The summed E-state index contributed by atoms with van der Waals surface area (Å²) in [5, 5.41) is 0. The van der Waals surface area contributed by atoms with Gasteiger partial charge < -0.3 is 1.43 Å². The fourth-order valence-corrected chi connectivity index (χ4v) is 0. The molecule has 0 aliphatic heterocycles. The predicted molar refractivity (Wildman–Crippen MR) is 8.95 cm³/mol. The van der Waals surface area contributed by atoms with Gasteiger partial charge in [0.1, 0.15) is 0 Å². The molecular formula is H2AlCoLiMnNiO. The molecule has 0 rings (SSSR count). The van der Waals surface area contributed by atoms with E-state index in [0.29, 0.717) is 16.2 Å². The molecule has 0 atom stereocenters. The van der Waals surface area contributed by atoms with Gasteiger partial charge in [0.25, 0.3) is 0 Å². The molecular weight excluding hydrogens is 222 g/mol. The first-order valence-electron chi connectivity index (χ1n) is 0.289. The van der Waals surface area contributed by atoms with Crippen LogP contribution in [0, 0.1) is 0 Å². The quantitative estimate of drug-likeness (QED) is 0.388. The molecule has 0 saturated heterocycles. The molecule has 2 radical (unpaired) electrons. The third-order valence-corrected chi connectivity index (χ3v) is 0. The minimum atomic E-state index is 0. The van der Waals surface area contributed by atoms with E-state index in [9.17, 15) is 0 Å². The third kappa shape index (κ3) is 31.9. The Hall–Kier alpha value is 2.45. The molecule has 38 valence electrons. The van der Waals surface area contributed by atoms with E-state index in [1.165, 1.54) is 0 Å². The topological polar surface area (TPSA) is 17.1 Å². The van der Waals surface area contributed by atoms with Crippen molar-refractivity contribution in [3.63, 3.8) is 0 Å². The predicted octanol–water partition coefficient (Wildman–Crippen LogP) is -3.66. The van der Waals surface area contributed by atoms with Crippen LogP contribution in [0.15, 0.2) is 0 Å². The van der Waals surface area contributed by atoms with Gasteiger partial charge in [-0.05, 0) is 0 Å². The molecule has 0 bridgehead atoms. The summed E-state index contributed by atoms with van der Waals surface area (Å²) >= 11 is 0.611. The van der Waals surface area contributed by atoms with E-state index in [1.54, 1.807) is 0 Å². The Bertz CT molecular complexity index is 19.7. The normalized spacial score (nSPS) is 0.500. The van der Waals surface area contributed by atoms with Crippen LogP contribution in [0.25, 0.3) is 0 Å². The Morgan fingerprint density at radius 2 is 1.33 bits per heavy atom. The summed E-state index contributed by atoms with van der Waals surface area (Å²) in [6.45, 7) is 0. The Morgan fingerprint density at radius 3 is 1.33 bits per heavy atom. The van der Waals surface area contributed by atoms with Crippen molar-refractivity contribution in [3.05, 3.63) is 0 Å². The van der Waals surface area contributed by atoms with Gasteiger partial charge in [-0.25, -0.2) is 0 Å². The van der Waals surface area contributed by atoms with Gasteiger partial charge >= 0.3 is 38.9 Å². The molecule has 0 fully saturated rings. The van der Waals surface area contributed by atoms with E-state index in [2.05, 4.69) is 0 Å². The Morgan fingerprint density at radius 1 is 1.33 bits per heavy atom. The van der Waals surface area contributed by atoms with Crippen LogP contribution in [-0.4, -0.2) is 16.2 Å². The van der Waals surface area contributed by atoms with Gasteiger partial charge in [-0.2, -0.15) is 0 Å². The maximum absolute atomic E-state index is 8.28. The van der Waals surface area contributed by atoms with Crippen molar-refractivity contribution >= 4 is 16.2 Å². The van der Waals surface area contributed by atoms with Crippen LogP contribution in [0.2, 0.25) is 0 Å². The van der Waals surface area contributed by atoms with Crippen molar-refractivity contribution < 1.29 is 74.4 Å². The second-order valence-electron chi connectivity index (χ2n) is 0. The summed E-state index contributed by atoms with van der Waals surface area (Å²) in [6.07, 6.45) is 0. The van der Waals surface area contributed by atoms with Gasteiger partial charge in [-0.3, -0.25) is 0 Å². The zero-order valence-electron chi connectivity index (χ0n) is 4.14. The number of rotatable bonds is 0. The van der Waals surface area contributed by atoms with E-state index in [-0.39, 0.29) is 70.6 Å². The van der Waals surface area contributed by atoms with Gasteiger partial charge in [-0.1, -0.05) is 0 Å². The van der Waals surface area contributed by atoms with E-state index in [4.69, 9.17) is 3.80 Å². The molecule has 0 saturated carbocycles. The molecule has 0 aliphatic carbocycles. The van der Waals surface area contributed by atoms with Crippen molar-refractivity contribution in [2.45, 2.75) is 0 Å². The summed E-state index contributed by atoms with van der Waals surface area (Å²) < 4.78 is 8.28. The molecule has 0 aromatic heterocycles. The zero-order valence-corrected chi connectivity index (χ0v) is 7.77. The van der Waals surface area contributed by atoms with Crippen LogP contribution < -0.4 is 18.9 Å². The first kappa shape index (κ1) is 39.4. The second kappa shape index (κ2) is 51.6. The van der Waals surface area contributed by atoms with Crippen LogP contribution in [-0.2, 0) is 54.1 Å². The summed E-state index contributed by atoms with van der Waals surface area (Å²) in [7, 11) is 0. The van der Waals surface area contributed by atoms with Crippen molar-refractivity contribution in [3.8, 4) is 0 Å². The second-order valence-corrected chi connectivity index (χ2v) is 0. The van der Waals surface area contributed by atoms with E-state index in [0.717, 1.165) is 0 Å². The molecule has 0 heterocycles. The Kier molecular flexibility index (Phi) is 339. The standard InChI is InChI=1S/Al.Co.Li.Mn.Ni.O.2H/q;;+1;;;;;-1. The van der Waals surface area contributed by atoms with Gasteiger partial charge in [0.2, 0.25) is 0 Å². The van der Waals surface area contributed by atoms with Crippen LogP contribution in [0.3, 0.4) is 0 Å². The molecule has 0 aliphatic rings. The van der Waals surface area contributed by atoms with Crippen LogP contribution in [0.4, 0.5) is 0 Å². The first-order valence-corrected chi connectivity index (χ1v) is 0.866. The average molecular weight is 225 g/mol. The molecule has 0 aromatic carbocycles. The van der Waals surface area contributed by atoms with Crippen molar-refractivity contribution in [1.29, 1.82) is 0 Å². The molecule has 0 unspecified atom stereocenters. The average Bonchev–Trinajstić information content (AvgIpc) is 1.00. The number of hydrogen-bond acceptors (Lipinski definition) is 1. The molecule has 0 amide bonds. The van der Waals surface area contributed by atoms with Gasteiger partial charge in [-0.15, -0.1) is 0 Å². The maximum atomic E-state index is 8.28. The van der Waals surface area contributed by atoms with Crippen LogP contribution in [0.5, 0.6) is 0 Å². The molecule has 0 aromatic rings. The van der Waals surface area contributed by atoms with Crippen molar-refractivity contribution in [2.24, 2.45) is 0 Å². The van der Waals surface area contributed by atoms with Crippen LogP contribution >= 0.6 is 0 Å². The Labute approximate surface area is 89.7 Å². The van der Waals surface area contributed by atoms with E-state index >= 15 is 0 Å². The number of hydrogen-bond donors (Lipinski definition) is 0. The molecule has 0 N–H and O–H groups in total. The summed E-state index contributed by atoms with van der Waals surface area (Å²) in [5.74, 6) is 0. The third-order valence-electron chi connectivity index (χ3n) is 0. The van der Waals surface area contributed by atoms with Crippen LogP contribution in [0.1, 0.15) is 1.43 Å². The van der Waals surface area contributed by atoms with E-state index in [1.807, 2.05) is 0 Å². The first-order chi connectivity index (χ1) is 1.00. The van der Waals surface area contributed by atoms with Crippen molar-refractivity contribution in [2.75, 3.05) is 0 Å². The molecule has 6 heteroatoms. The molecule has 1 nitrogen and oxygen atoms in total. The Balaban J connectivity index is -0.000000000500. The fourth-order valence-electron chi connectivity index (χ4n) is 0. The van der Waals surface area contributed by atoms with Gasteiger partial charge in [0, 0.05) is 50.3 Å². The monoisotopic (exact) mass is 224 g/mol.